The second-order valence-electron chi connectivity index (χ2n) is 8.53. The van der Waals surface area contributed by atoms with Crippen LogP contribution in [0.4, 0.5) is 61.5 Å². The first-order chi connectivity index (χ1) is 18.5. The highest BCUT2D eigenvalue weighted by molar-refractivity contribution is 7.99. The molecule has 2 unspecified atom stereocenters. The lowest BCUT2D eigenvalue weighted by atomic mass is 9.94. The molecule has 0 saturated heterocycles. The van der Waals surface area contributed by atoms with Crippen molar-refractivity contribution < 1.29 is 66.3 Å². The molecule has 0 aliphatic heterocycles. The van der Waals surface area contributed by atoms with Crippen LogP contribution < -0.4 is 5.32 Å². The van der Waals surface area contributed by atoms with Crippen molar-refractivity contribution in [2.75, 3.05) is 11.5 Å². The summed E-state index contributed by atoms with van der Waals surface area (Å²) >= 11 is 0.336. The summed E-state index contributed by atoms with van der Waals surface area (Å²) in [5.74, 6) is -10.1. The van der Waals surface area contributed by atoms with E-state index < -0.39 is 87.8 Å². The van der Waals surface area contributed by atoms with Gasteiger partial charge in [0.2, 0.25) is 0 Å². The standard InChI is InChI=1S/C24H17F14NOS/c1-11(9-41-10-21(27,28)29)39-20(40)14-4-2-13(7-16(14)23(33,34)35)19(26)8-15(22(30,31)32)12-3-5-18(25)17(6-12)24(36,37)38/h2-8,11,15H,9-10H2,1H3,(H,39,40)/b19-8-. The Kier molecular flexibility index (Phi) is 10.4. The van der Waals surface area contributed by atoms with Crippen molar-refractivity contribution in [1.82, 2.24) is 5.32 Å². The van der Waals surface area contributed by atoms with E-state index in [2.05, 4.69) is 0 Å². The smallest absolute Gasteiger partial charge is 0.349 e. The molecular weight excluding hydrogens is 616 g/mol. The van der Waals surface area contributed by atoms with Gasteiger partial charge >= 0.3 is 24.7 Å². The molecule has 228 valence electrons. The largest absolute Gasteiger partial charge is 0.419 e. The molecule has 1 amide bonds. The highest BCUT2D eigenvalue weighted by Crippen LogP contribution is 2.42. The van der Waals surface area contributed by atoms with Crippen LogP contribution >= 0.6 is 11.8 Å². The predicted molar refractivity (Wildman–Crippen MR) is 121 cm³/mol. The summed E-state index contributed by atoms with van der Waals surface area (Å²) in [6, 6.07) is 0.00701. The fourth-order valence-electron chi connectivity index (χ4n) is 3.40. The van der Waals surface area contributed by atoms with Crippen LogP contribution in [-0.2, 0) is 12.4 Å². The number of halogens is 14. The van der Waals surface area contributed by atoms with Crippen molar-refractivity contribution in [3.05, 3.63) is 76.1 Å². The highest BCUT2D eigenvalue weighted by atomic mass is 32.2. The van der Waals surface area contributed by atoms with Gasteiger partial charge in [-0.1, -0.05) is 12.1 Å². The fraction of sp³-hybridized carbons (Fsp3) is 0.375. The highest BCUT2D eigenvalue weighted by Gasteiger charge is 2.42. The number of benzene rings is 2. The van der Waals surface area contributed by atoms with Gasteiger partial charge in [0.05, 0.1) is 22.4 Å². The van der Waals surface area contributed by atoms with E-state index in [1.165, 1.54) is 6.92 Å². The quantitative estimate of drug-likeness (QED) is 0.294. The van der Waals surface area contributed by atoms with Crippen molar-refractivity contribution in [2.24, 2.45) is 0 Å². The van der Waals surface area contributed by atoms with Crippen molar-refractivity contribution in [3.8, 4) is 0 Å². The van der Waals surface area contributed by atoms with Crippen molar-refractivity contribution in [3.63, 3.8) is 0 Å². The predicted octanol–water partition coefficient (Wildman–Crippen LogP) is 8.93. The summed E-state index contributed by atoms with van der Waals surface area (Å²) in [5, 5.41) is 2.03. The van der Waals surface area contributed by atoms with Gasteiger partial charge in [0.25, 0.3) is 5.91 Å². The van der Waals surface area contributed by atoms with Gasteiger partial charge < -0.3 is 5.32 Å². The van der Waals surface area contributed by atoms with Crippen molar-refractivity contribution in [2.45, 2.75) is 43.6 Å². The third kappa shape index (κ3) is 9.81. The Balaban J connectivity index is 2.45. The topological polar surface area (TPSA) is 29.1 Å². The molecule has 0 radical (unpaired) electrons. The summed E-state index contributed by atoms with van der Waals surface area (Å²) in [6.07, 6.45) is -21.1. The van der Waals surface area contributed by atoms with E-state index in [1.54, 1.807) is 0 Å². The van der Waals surface area contributed by atoms with Crippen LogP contribution in [0.2, 0.25) is 0 Å². The number of allylic oxidation sites excluding steroid dienone is 1. The maximum Gasteiger partial charge on any atom is 0.419 e. The molecular formula is C24H17F14NOS. The molecule has 2 rings (SSSR count). The lowest BCUT2D eigenvalue weighted by Crippen LogP contribution is -2.35. The molecule has 1 N–H and O–H groups in total. The van der Waals surface area contributed by atoms with Gasteiger partial charge in [-0.25, -0.2) is 8.78 Å². The summed E-state index contributed by atoms with van der Waals surface area (Å²) in [7, 11) is 0. The second kappa shape index (κ2) is 12.5. The van der Waals surface area contributed by atoms with E-state index in [0.717, 1.165) is 0 Å². The van der Waals surface area contributed by atoms with E-state index in [0.29, 0.717) is 30.0 Å². The molecule has 2 aromatic rings. The zero-order chi connectivity index (χ0) is 31.6. The number of alkyl halides is 12. The van der Waals surface area contributed by atoms with Gasteiger partial charge in [-0.2, -0.15) is 64.4 Å². The third-order valence-corrected chi connectivity index (χ3v) is 6.44. The number of nitrogens with one attached hydrogen (secondary N) is 1. The Morgan fingerprint density at radius 1 is 0.878 bits per heavy atom. The molecule has 41 heavy (non-hydrogen) atoms. The first-order valence-corrected chi connectivity index (χ1v) is 12.1. The minimum absolute atomic E-state index is 0.0109. The van der Waals surface area contributed by atoms with Crippen LogP contribution in [0, 0.1) is 5.82 Å². The molecule has 0 fully saturated rings. The van der Waals surface area contributed by atoms with Gasteiger partial charge in [0.1, 0.15) is 17.6 Å². The molecule has 0 aliphatic carbocycles. The Bertz CT molecular complexity index is 1260. The first kappa shape index (κ1) is 34.2. The lowest BCUT2D eigenvalue weighted by molar-refractivity contribution is -0.143. The Morgan fingerprint density at radius 3 is 1.98 bits per heavy atom. The third-order valence-electron chi connectivity index (χ3n) is 5.18. The van der Waals surface area contributed by atoms with E-state index >= 15 is 0 Å². The molecule has 17 heteroatoms. The number of amides is 1. The number of hydrogen-bond donors (Lipinski definition) is 1. The van der Waals surface area contributed by atoms with E-state index in [9.17, 15) is 66.3 Å². The minimum Gasteiger partial charge on any atom is -0.349 e. The van der Waals surface area contributed by atoms with Gasteiger partial charge in [-0.15, -0.1) is 0 Å². The molecule has 0 aliphatic rings. The molecule has 0 spiro atoms. The normalized spacial score (nSPS) is 15.0. The maximum absolute atomic E-state index is 14.9. The van der Waals surface area contributed by atoms with Gasteiger partial charge in [0.15, 0.2) is 0 Å². The molecule has 2 atom stereocenters. The minimum atomic E-state index is -5.47. The van der Waals surface area contributed by atoms with Crippen LogP contribution in [-0.4, -0.2) is 35.8 Å². The van der Waals surface area contributed by atoms with Gasteiger partial charge in [-0.05, 0) is 42.8 Å². The fourth-order valence-corrected chi connectivity index (χ4v) is 4.18. The zero-order valence-electron chi connectivity index (χ0n) is 20.2. The van der Waals surface area contributed by atoms with Crippen molar-refractivity contribution >= 4 is 23.5 Å². The SMILES string of the molecule is CC(CSCC(F)(F)F)NC(=O)c1ccc(/C(F)=C/C(c2ccc(F)c(C(F)(F)F)c2)C(F)(F)F)cc1C(F)(F)F. The van der Waals surface area contributed by atoms with Crippen LogP contribution in [0.5, 0.6) is 0 Å². The van der Waals surface area contributed by atoms with Crippen LogP contribution in [0.3, 0.4) is 0 Å². The Hall–Kier alpha value is -2.98. The Morgan fingerprint density at radius 2 is 1.46 bits per heavy atom. The summed E-state index contributed by atoms with van der Waals surface area (Å²) in [5.41, 5.74) is -7.40. The van der Waals surface area contributed by atoms with Gasteiger partial charge in [0, 0.05) is 17.4 Å². The summed E-state index contributed by atoms with van der Waals surface area (Å²) in [4.78, 5) is 12.4. The second-order valence-corrected chi connectivity index (χ2v) is 9.56. The van der Waals surface area contributed by atoms with Crippen LogP contribution in [0.1, 0.15) is 45.5 Å². The van der Waals surface area contributed by atoms with E-state index in [4.69, 9.17) is 0 Å². The van der Waals surface area contributed by atoms with Gasteiger partial charge in [-0.3, -0.25) is 4.79 Å². The number of carbonyl (C=O) groups is 1. The molecule has 0 aromatic heterocycles. The summed E-state index contributed by atoms with van der Waals surface area (Å²) < 4.78 is 186. The molecule has 0 bridgehead atoms. The molecule has 0 saturated carbocycles. The van der Waals surface area contributed by atoms with Crippen molar-refractivity contribution in [1.29, 1.82) is 0 Å². The number of thioether (sulfide) groups is 1. The summed E-state index contributed by atoms with van der Waals surface area (Å²) in [6.45, 7) is 1.20. The monoisotopic (exact) mass is 633 g/mol. The van der Waals surface area contributed by atoms with Crippen LogP contribution in [0.25, 0.3) is 5.83 Å². The van der Waals surface area contributed by atoms with E-state index in [-0.39, 0.29) is 30.0 Å². The Labute approximate surface area is 226 Å². The molecule has 2 aromatic carbocycles. The number of carbonyl (C=O) groups excluding carboxylic acids is 1. The van der Waals surface area contributed by atoms with Crippen LogP contribution in [0.15, 0.2) is 42.5 Å². The number of rotatable bonds is 8. The first-order valence-electron chi connectivity index (χ1n) is 11.0. The lowest BCUT2D eigenvalue weighted by Gasteiger charge is -2.20. The zero-order valence-corrected chi connectivity index (χ0v) is 21.0. The van der Waals surface area contributed by atoms with E-state index in [1.807, 2.05) is 5.32 Å². The molecule has 2 nitrogen and oxygen atoms in total. The average molecular weight is 633 g/mol. The average Bonchev–Trinajstić information content (AvgIpc) is 2.79. The maximum atomic E-state index is 14.9. The number of hydrogen-bond acceptors (Lipinski definition) is 2. The molecule has 0 heterocycles.